The number of anilines is 6. The van der Waals surface area contributed by atoms with Crippen LogP contribution in [0.2, 0.25) is 0 Å². The number of fused-ring (bicyclic) bond motifs is 8. The van der Waals surface area contributed by atoms with Gasteiger partial charge in [-0.05, 0) is 154 Å². The van der Waals surface area contributed by atoms with Crippen molar-refractivity contribution in [1.29, 1.82) is 0 Å². The summed E-state index contributed by atoms with van der Waals surface area (Å²) in [5.74, 6) is 0. The van der Waals surface area contributed by atoms with Gasteiger partial charge in [-0.1, -0.05) is 170 Å². The first-order chi connectivity index (χ1) is 36.7. The summed E-state index contributed by atoms with van der Waals surface area (Å²) in [4.78, 5) is 4.71. The third-order valence-corrected chi connectivity index (χ3v) is 14.6. The molecule has 14 aromatic rings. The summed E-state index contributed by atoms with van der Waals surface area (Å²) >= 11 is 0. The standard InChI is InChI=1S/C70H48N4/c1-3-19-55(20-4-1)71(61-41-43-69-65(47-61)63-23-11-13-25-67(63)73(69)59-39-33-51-15-7-9-17-53(51)45-59)57-35-29-49(30-36-57)27-28-50-31-37-58(38-32-50)72(56-21-5-2-6-22-56)62-42-44-70-66(48-62)64-24-12-14-26-68(64)74(70)60-40-34-52-16-8-10-18-54(52)46-60/h1-48H/b28-27+. The number of nitrogens with zero attached hydrogens (tertiary/aromatic N) is 4. The molecule has 14 rings (SSSR count). The summed E-state index contributed by atoms with van der Waals surface area (Å²) in [7, 11) is 0. The fraction of sp³-hybridized carbons (Fsp3) is 0. The second-order valence-electron chi connectivity index (χ2n) is 19.0. The Kier molecular flexibility index (Phi) is 10.5. The molecule has 0 fully saturated rings. The van der Waals surface area contributed by atoms with E-state index in [-0.39, 0.29) is 0 Å². The minimum absolute atomic E-state index is 1.09. The Bertz CT molecular complexity index is 4130. The van der Waals surface area contributed by atoms with Gasteiger partial charge in [0, 0.05) is 67.0 Å². The SMILES string of the molecule is C(=C\c1ccc(N(c2ccccc2)c2ccc3c(c2)c2ccccc2n3-c2ccc3ccccc3c2)cc1)/c1ccc(N(c2ccccc2)c2ccc3c(c2)c2ccccc2n3-c2ccc3ccccc3c2)cc1. The second kappa shape index (κ2) is 18.1. The molecule has 4 nitrogen and oxygen atoms in total. The molecule has 74 heavy (non-hydrogen) atoms. The minimum atomic E-state index is 1.09. The van der Waals surface area contributed by atoms with E-state index in [9.17, 15) is 0 Å². The van der Waals surface area contributed by atoms with Gasteiger partial charge in [0.15, 0.2) is 0 Å². The summed E-state index contributed by atoms with van der Waals surface area (Å²) in [5.41, 5.74) is 15.9. The maximum Gasteiger partial charge on any atom is 0.0542 e. The predicted octanol–water partition coefficient (Wildman–Crippen LogP) is 19.3. The lowest BCUT2D eigenvalue weighted by Gasteiger charge is -2.26. The summed E-state index contributed by atoms with van der Waals surface area (Å²) < 4.78 is 4.80. The van der Waals surface area contributed by atoms with Gasteiger partial charge in [0.2, 0.25) is 0 Å². The van der Waals surface area contributed by atoms with Crippen LogP contribution in [0.5, 0.6) is 0 Å². The van der Waals surface area contributed by atoms with Crippen molar-refractivity contribution in [2.24, 2.45) is 0 Å². The fourth-order valence-corrected chi connectivity index (χ4v) is 11.1. The molecule has 0 saturated carbocycles. The first-order valence-electron chi connectivity index (χ1n) is 25.3. The summed E-state index contributed by atoms with van der Waals surface area (Å²) in [5, 5.41) is 9.82. The van der Waals surface area contributed by atoms with Crippen LogP contribution in [0.15, 0.2) is 279 Å². The van der Waals surface area contributed by atoms with Gasteiger partial charge in [-0.15, -0.1) is 0 Å². The van der Waals surface area contributed by atoms with Crippen molar-refractivity contribution in [3.8, 4) is 11.4 Å². The van der Waals surface area contributed by atoms with Crippen LogP contribution in [0, 0.1) is 0 Å². The van der Waals surface area contributed by atoms with Crippen LogP contribution in [0.4, 0.5) is 34.1 Å². The van der Waals surface area contributed by atoms with E-state index in [2.05, 4.69) is 310 Å². The normalized spacial score (nSPS) is 11.7. The minimum Gasteiger partial charge on any atom is -0.310 e. The topological polar surface area (TPSA) is 16.3 Å². The molecule has 0 radical (unpaired) electrons. The summed E-state index contributed by atoms with van der Waals surface area (Å²) in [6.07, 6.45) is 4.40. The number of para-hydroxylation sites is 4. The lowest BCUT2D eigenvalue weighted by molar-refractivity contribution is 1.18. The quantitative estimate of drug-likeness (QED) is 0.127. The molecule has 12 aromatic carbocycles. The molecule has 2 heterocycles. The molecule has 0 aliphatic carbocycles. The Morgan fingerprint density at radius 3 is 1.00 bits per heavy atom. The lowest BCUT2D eigenvalue weighted by Crippen LogP contribution is -2.09. The van der Waals surface area contributed by atoms with E-state index < -0.39 is 0 Å². The van der Waals surface area contributed by atoms with E-state index in [1.807, 2.05) is 0 Å². The van der Waals surface area contributed by atoms with Gasteiger partial charge in [0.1, 0.15) is 0 Å². The maximum absolute atomic E-state index is 2.40. The van der Waals surface area contributed by atoms with Crippen molar-refractivity contribution >= 4 is 111 Å². The molecule has 0 aliphatic heterocycles. The van der Waals surface area contributed by atoms with E-state index in [0.29, 0.717) is 0 Å². The van der Waals surface area contributed by atoms with Crippen molar-refractivity contribution in [1.82, 2.24) is 9.13 Å². The van der Waals surface area contributed by atoms with Gasteiger partial charge in [0.05, 0.1) is 22.1 Å². The van der Waals surface area contributed by atoms with Crippen LogP contribution in [-0.4, -0.2) is 9.13 Å². The first kappa shape index (κ1) is 42.9. The highest BCUT2D eigenvalue weighted by Gasteiger charge is 2.20. The Morgan fingerprint density at radius 2 is 0.568 bits per heavy atom. The van der Waals surface area contributed by atoms with Gasteiger partial charge in [0.25, 0.3) is 0 Å². The molecule has 0 spiro atoms. The number of rotatable bonds is 10. The highest BCUT2D eigenvalue weighted by Crippen LogP contribution is 2.42. The number of hydrogen-bond donors (Lipinski definition) is 0. The van der Waals surface area contributed by atoms with Crippen LogP contribution in [0.1, 0.15) is 11.1 Å². The van der Waals surface area contributed by atoms with Crippen LogP contribution < -0.4 is 9.80 Å². The van der Waals surface area contributed by atoms with Crippen LogP contribution in [0.3, 0.4) is 0 Å². The Morgan fingerprint density at radius 1 is 0.230 bits per heavy atom. The maximum atomic E-state index is 2.40. The largest absolute Gasteiger partial charge is 0.310 e. The molecule has 0 atom stereocenters. The van der Waals surface area contributed by atoms with Gasteiger partial charge in [-0.2, -0.15) is 0 Å². The number of aromatic nitrogens is 2. The molecule has 0 bridgehead atoms. The second-order valence-corrected chi connectivity index (χ2v) is 19.0. The van der Waals surface area contributed by atoms with Crippen LogP contribution >= 0.6 is 0 Å². The van der Waals surface area contributed by atoms with Crippen molar-refractivity contribution in [2.75, 3.05) is 9.80 Å². The Balaban J connectivity index is 0.769. The Hall–Kier alpha value is -9.90. The average Bonchev–Trinajstić information content (AvgIpc) is 3.98. The molecular formula is C70H48N4. The van der Waals surface area contributed by atoms with Gasteiger partial charge in [-0.25, -0.2) is 0 Å². The predicted molar refractivity (Wildman–Crippen MR) is 315 cm³/mol. The van der Waals surface area contributed by atoms with E-state index in [1.165, 1.54) is 65.2 Å². The smallest absolute Gasteiger partial charge is 0.0542 e. The van der Waals surface area contributed by atoms with Gasteiger partial charge >= 0.3 is 0 Å². The molecule has 348 valence electrons. The van der Waals surface area contributed by atoms with E-state index >= 15 is 0 Å². The Labute approximate surface area is 429 Å². The molecule has 0 amide bonds. The highest BCUT2D eigenvalue weighted by atomic mass is 15.1. The van der Waals surface area contributed by atoms with Crippen LogP contribution in [0.25, 0.3) is 88.7 Å². The zero-order valence-corrected chi connectivity index (χ0v) is 40.5. The molecular weight excluding hydrogens is 897 g/mol. The first-order valence-corrected chi connectivity index (χ1v) is 25.3. The molecule has 0 aliphatic rings. The lowest BCUT2D eigenvalue weighted by atomic mass is 10.1. The van der Waals surface area contributed by atoms with Crippen molar-refractivity contribution < 1.29 is 0 Å². The van der Waals surface area contributed by atoms with E-state index in [4.69, 9.17) is 0 Å². The van der Waals surface area contributed by atoms with Gasteiger partial charge < -0.3 is 18.9 Å². The van der Waals surface area contributed by atoms with Crippen molar-refractivity contribution in [3.63, 3.8) is 0 Å². The molecule has 0 saturated heterocycles. The van der Waals surface area contributed by atoms with Gasteiger partial charge in [-0.3, -0.25) is 0 Å². The third kappa shape index (κ3) is 7.56. The zero-order valence-electron chi connectivity index (χ0n) is 40.5. The zero-order chi connectivity index (χ0) is 49.0. The third-order valence-electron chi connectivity index (χ3n) is 14.6. The summed E-state index contributed by atoms with van der Waals surface area (Å²) in [6, 6.07) is 101. The molecule has 4 heteroatoms. The average molecular weight is 945 g/mol. The highest BCUT2D eigenvalue weighted by molar-refractivity contribution is 6.12. The molecule has 0 unspecified atom stereocenters. The van der Waals surface area contributed by atoms with Crippen LogP contribution in [-0.2, 0) is 0 Å². The monoisotopic (exact) mass is 944 g/mol. The van der Waals surface area contributed by atoms with Crippen molar-refractivity contribution in [2.45, 2.75) is 0 Å². The van der Waals surface area contributed by atoms with Crippen molar-refractivity contribution in [3.05, 3.63) is 290 Å². The number of benzene rings is 12. The molecule has 2 aromatic heterocycles. The summed E-state index contributed by atoms with van der Waals surface area (Å²) in [6.45, 7) is 0. The molecule has 0 N–H and O–H groups in total. The van der Waals surface area contributed by atoms with E-state index in [0.717, 1.165) is 56.6 Å². The fourth-order valence-electron chi connectivity index (χ4n) is 11.1. The number of hydrogen-bond acceptors (Lipinski definition) is 2. The van der Waals surface area contributed by atoms with E-state index in [1.54, 1.807) is 0 Å².